The van der Waals surface area contributed by atoms with Crippen molar-refractivity contribution in [2.24, 2.45) is 5.73 Å². The summed E-state index contributed by atoms with van der Waals surface area (Å²) < 4.78 is 1.36. The summed E-state index contributed by atoms with van der Waals surface area (Å²) in [7, 11) is 3.87. The molecule has 0 aliphatic carbocycles. The Kier molecular flexibility index (Phi) is 6.55. The number of likely N-dealkylation sites (N-methyl/N-ethyl adjacent to an activating group) is 1. The van der Waals surface area contributed by atoms with E-state index in [9.17, 15) is 4.79 Å². The molecule has 0 aromatic carbocycles. The molecule has 0 bridgehead atoms. The van der Waals surface area contributed by atoms with Crippen molar-refractivity contribution in [3.63, 3.8) is 0 Å². The van der Waals surface area contributed by atoms with Crippen LogP contribution in [0.4, 0.5) is 5.69 Å². The molecule has 1 heterocycles. The first-order valence-electron chi connectivity index (χ1n) is 6.05. The Morgan fingerprint density at radius 1 is 1.53 bits per heavy atom. The fourth-order valence-electron chi connectivity index (χ4n) is 1.39. The van der Waals surface area contributed by atoms with Gasteiger partial charge in [0.05, 0.1) is 18.4 Å². The van der Waals surface area contributed by atoms with Gasteiger partial charge in [0.15, 0.2) is 0 Å². The lowest BCUT2D eigenvalue weighted by molar-refractivity contribution is 0.367. The summed E-state index contributed by atoms with van der Waals surface area (Å²) in [6, 6.07) is 0. The van der Waals surface area contributed by atoms with Crippen molar-refractivity contribution >= 4 is 17.3 Å². The van der Waals surface area contributed by atoms with Crippen molar-refractivity contribution in [3.8, 4) is 0 Å². The summed E-state index contributed by atoms with van der Waals surface area (Å²) in [5.41, 5.74) is 5.58. The van der Waals surface area contributed by atoms with E-state index in [-0.39, 0.29) is 10.6 Å². The zero-order valence-corrected chi connectivity index (χ0v) is 12.0. The van der Waals surface area contributed by atoms with Crippen molar-refractivity contribution in [1.82, 2.24) is 14.7 Å². The average molecular weight is 286 g/mol. The van der Waals surface area contributed by atoms with E-state index in [1.54, 1.807) is 6.20 Å². The van der Waals surface area contributed by atoms with Crippen LogP contribution in [-0.2, 0) is 6.54 Å². The maximum absolute atomic E-state index is 12.0. The second-order valence-electron chi connectivity index (χ2n) is 4.29. The Bertz CT molecular complexity index is 483. The van der Waals surface area contributed by atoms with Gasteiger partial charge in [-0.15, -0.1) is 0 Å². The molecule has 0 atom stereocenters. The lowest BCUT2D eigenvalue weighted by Crippen LogP contribution is -2.29. The highest BCUT2D eigenvalue weighted by atomic mass is 35.5. The summed E-state index contributed by atoms with van der Waals surface area (Å²) in [6.07, 6.45) is 5.26. The van der Waals surface area contributed by atoms with E-state index in [1.807, 2.05) is 31.1 Å². The molecule has 3 N–H and O–H groups in total. The van der Waals surface area contributed by atoms with E-state index in [1.165, 1.54) is 4.68 Å². The number of aromatic nitrogens is 2. The molecule has 0 amide bonds. The predicted octanol–water partition coefficient (Wildman–Crippen LogP) is 0.385. The smallest absolute Gasteiger partial charge is 0.287 e. The van der Waals surface area contributed by atoms with Crippen LogP contribution >= 0.6 is 11.6 Å². The lowest BCUT2D eigenvalue weighted by atomic mass is 10.4. The van der Waals surface area contributed by atoms with Gasteiger partial charge in [-0.1, -0.05) is 23.8 Å². The number of halogens is 1. The summed E-state index contributed by atoms with van der Waals surface area (Å²) in [5.74, 6) is 0. The highest BCUT2D eigenvalue weighted by Gasteiger charge is 2.08. The average Bonchev–Trinajstić information content (AvgIpc) is 2.38. The molecule has 0 saturated carbocycles. The van der Waals surface area contributed by atoms with Gasteiger partial charge in [-0.2, -0.15) is 5.10 Å². The van der Waals surface area contributed by atoms with Crippen molar-refractivity contribution < 1.29 is 0 Å². The quantitative estimate of drug-likeness (QED) is 0.709. The van der Waals surface area contributed by atoms with Crippen LogP contribution < -0.4 is 16.6 Å². The fourth-order valence-corrected chi connectivity index (χ4v) is 1.60. The predicted molar refractivity (Wildman–Crippen MR) is 78.7 cm³/mol. The minimum absolute atomic E-state index is 0.162. The normalized spacial score (nSPS) is 11.4. The van der Waals surface area contributed by atoms with Crippen LogP contribution in [0.5, 0.6) is 0 Å². The van der Waals surface area contributed by atoms with Crippen LogP contribution in [-0.4, -0.2) is 48.4 Å². The molecular formula is C12H20ClN5O. The molecule has 1 aromatic rings. The molecule has 6 nitrogen and oxygen atoms in total. The number of anilines is 1. The Labute approximate surface area is 117 Å². The van der Waals surface area contributed by atoms with Gasteiger partial charge in [0, 0.05) is 19.6 Å². The Morgan fingerprint density at radius 3 is 2.89 bits per heavy atom. The fraction of sp³-hybridized carbons (Fsp3) is 0.500. The van der Waals surface area contributed by atoms with Crippen LogP contribution in [0.2, 0.25) is 5.02 Å². The molecule has 0 spiro atoms. The van der Waals surface area contributed by atoms with Crippen molar-refractivity contribution in [1.29, 1.82) is 0 Å². The molecule has 1 rings (SSSR count). The van der Waals surface area contributed by atoms with E-state index < -0.39 is 0 Å². The molecule has 7 heteroatoms. The second kappa shape index (κ2) is 7.93. The monoisotopic (exact) mass is 285 g/mol. The summed E-state index contributed by atoms with van der Waals surface area (Å²) in [4.78, 5) is 13.9. The van der Waals surface area contributed by atoms with Gasteiger partial charge in [-0.05, 0) is 14.1 Å². The zero-order chi connectivity index (χ0) is 14.3. The third-order valence-corrected chi connectivity index (χ3v) is 2.82. The van der Waals surface area contributed by atoms with Gasteiger partial charge in [-0.25, -0.2) is 4.68 Å². The maximum Gasteiger partial charge on any atom is 0.287 e. The Balaban J connectivity index is 2.74. The van der Waals surface area contributed by atoms with Gasteiger partial charge in [-0.3, -0.25) is 4.79 Å². The minimum Gasteiger partial charge on any atom is -0.379 e. The summed E-state index contributed by atoms with van der Waals surface area (Å²) in [5, 5.41) is 7.27. The number of rotatable bonds is 7. The van der Waals surface area contributed by atoms with Crippen LogP contribution in [0.1, 0.15) is 0 Å². The third kappa shape index (κ3) is 5.02. The lowest BCUT2D eigenvalue weighted by Gasteiger charge is -2.12. The first kappa shape index (κ1) is 15.7. The first-order valence-corrected chi connectivity index (χ1v) is 6.43. The van der Waals surface area contributed by atoms with E-state index in [4.69, 9.17) is 17.3 Å². The summed E-state index contributed by atoms with van der Waals surface area (Å²) in [6.45, 7) is 2.29. The standard InChI is InChI=1S/C12H20ClN5O/c1-17(2)7-8-18-12(19)11(13)10(9-16-18)15-6-4-3-5-14/h3-4,9,15H,5-8,14H2,1-2H3/b4-3+. The molecule has 19 heavy (non-hydrogen) atoms. The summed E-state index contributed by atoms with van der Waals surface area (Å²) >= 11 is 6.03. The van der Waals surface area contributed by atoms with Crippen molar-refractivity contribution in [2.45, 2.75) is 6.54 Å². The second-order valence-corrected chi connectivity index (χ2v) is 4.67. The van der Waals surface area contributed by atoms with Crippen molar-refractivity contribution in [2.75, 3.05) is 39.0 Å². The number of hydrogen-bond acceptors (Lipinski definition) is 5. The third-order valence-electron chi connectivity index (χ3n) is 2.46. The van der Waals surface area contributed by atoms with Crippen LogP contribution in [0.25, 0.3) is 0 Å². The van der Waals surface area contributed by atoms with Crippen LogP contribution in [0.3, 0.4) is 0 Å². The van der Waals surface area contributed by atoms with E-state index in [0.717, 1.165) is 6.54 Å². The minimum atomic E-state index is -0.281. The van der Waals surface area contributed by atoms with Gasteiger partial charge in [0.1, 0.15) is 5.02 Å². The zero-order valence-electron chi connectivity index (χ0n) is 11.3. The van der Waals surface area contributed by atoms with Gasteiger partial charge >= 0.3 is 0 Å². The number of nitrogens with one attached hydrogen (secondary N) is 1. The van der Waals surface area contributed by atoms with Crippen LogP contribution in [0.15, 0.2) is 23.1 Å². The highest BCUT2D eigenvalue weighted by Crippen LogP contribution is 2.14. The molecule has 0 aliphatic rings. The largest absolute Gasteiger partial charge is 0.379 e. The molecule has 1 aromatic heterocycles. The van der Waals surface area contributed by atoms with Gasteiger partial charge in [0.2, 0.25) is 0 Å². The topological polar surface area (TPSA) is 76.2 Å². The number of nitrogens with two attached hydrogens (primary N) is 1. The van der Waals surface area contributed by atoms with E-state index >= 15 is 0 Å². The van der Waals surface area contributed by atoms with E-state index in [0.29, 0.717) is 25.3 Å². The van der Waals surface area contributed by atoms with Gasteiger partial charge in [0.25, 0.3) is 5.56 Å². The first-order chi connectivity index (χ1) is 9.06. The number of nitrogens with zero attached hydrogens (tertiary/aromatic N) is 3. The molecule has 0 fully saturated rings. The molecular weight excluding hydrogens is 266 g/mol. The Morgan fingerprint density at radius 2 is 2.26 bits per heavy atom. The van der Waals surface area contributed by atoms with Crippen molar-refractivity contribution in [3.05, 3.63) is 33.7 Å². The van der Waals surface area contributed by atoms with Gasteiger partial charge < -0.3 is 16.0 Å². The number of hydrogen-bond donors (Lipinski definition) is 2. The molecule has 0 aliphatic heterocycles. The molecule has 0 radical (unpaired) electrons. The van der Waals surface area contributed by atoms with Crippen LogP contribution in [0, 0.1) is 0 Å². The SMILES string of the molecule is CN(C)CCn1ncc(NC/C=C/CN)c(Cl)c1=O. The molecule has 0 unspecified atom stereocenters. The van der Waals surface area contributed by atoms with E-state index in [2.05, 4.69) is 10.4 Å². The Hall–Kier alpha value is -1.37. The maximum atomic E-state index is 12.0. The molecule has 0 saturated heterocycles. The highest BCUT2D eigenvalue weighted by molar-refractivity contribution is 6.32. The molecule has 106 valence electrons.